The van der Waals surface area contributed by atoms with Crippen molar-refractivity contribution in [3.8, 4) is 56.4 Å². The first kappa shape index (κ1) is 29.4. The molecule has 10 aromatic rings. The lowest BCUT2D eigenvalue weighted by Gasteiger charge is -2.12. The third-order valence-corrected chi connectivity index (χ3v) is 11.0. The summed E-state index contributed by atoms with van der Waals surface area (Å²) < 4.78 is 2.61. The van der Waals surface area contributed by atoms with Gasteiger partial charge in [0.1, 0.15) is 0 Å². The number of hydrogen-bond acceptors (Lipinski definition) is 4. The third kappa shape index (κ3) is 5.08. The number of fused-ring (bicyclic) bond motifs is 7. The quantitative estimate of drug-likeness (QED) is 0.171. The summed E-state index contributed by atoms with van der Waals surface area (Å²) in [6, 6.07) is 62.0. The van der Waals surface area contributed by atoms with Gasteiger partial charge in [0.05, 0.1) is 0 Å². The maximum Gasteiger partial charge on any atom is 0.164 e. The molecule has 0 aliphatic carbocycles. The smallest absolute Gasteiger partial charge is 0.164 e. The fourth-order valence-electron chi connectivity index (χ4n) is 7.25. The molecule has 0 unspecified atom stereocenters. The fraction of sp³-hybridized carbons (Fsp3) is 0. The second-order valence-corrected chi connectivity index (χ2v) is 13.8. The van der Waals surface area contributed by atoms with Gasteiger partial charge in [0.25, 0.3) is 0 Å². The number of benzene rings is 8. The van der Waals surface area contributed by atoms with Crippen LogP contribution in [0.3, 0.4) is 0 Å². The Kier molecular flexibility index (Phi) is 7.00. The molecule has 0 aliphatic rings. The van der Waals surface area contributed by atoms with E-state index in [1.54, 1.807) is 0 Å². The lowest BCUT2D eigenvalue weighted by atomic mass is 9.96. The van der Waals surface area contributed by atoms with Crippen molar-refractivity contribution in [3.05, 3.63) is 176 Å². The first-order chi connectivity index (χ1) is 25.3. The summed E-state index contributed by atoms with van der Waals surface area (Å²) in [5.74, 6) is 1.96. The highest BCUT2D eigenvalue weighted by molar-refractivity contribution is 7.27. The van der Waals surface area contributed by atoms with E-state index in [4.69, 9.17) is 15.0 Å². The van der Waals surface area contributed by atoms with E-state index in [9.17, 15) is 0 Å². The molecule has 8 aromatic carbocycles. The van der Waals surface area contributed by atoms with Crippen LogP contribution >= 0.6 is 11.3 Å². The topological polar surface area (TPSA) is 38.7 Å². The van der Waals surface area contributed by atoms with Crippen molar-refractivity contribution in [2.24, 2.45) is 0 Å². The summed E-state index contributed by atoms with van der Waals surface area (Å²) in [4.78, 5) is 15.3. The van der Waals surface area contributed by atoms with Gasteiger partial charge in [-0.3, -0.25) is 0 Å². The Morgan fingerprint density at radius 2 is 0.784 bits per heavy atom. The van der Waals surface area contributed by atoms with E-state index in [1.165, 1.54) is 53.0 Å². The van der Waals surface area contributed by atoms with Crippen LogP contribution in [0.1, 0.15) is 0 Å². The van der Waals surface area contributed by atoms with Crippen LogP contribution < -0.4 is 0 Å². The molecule has 0 N–H and O–H groups in total. The van der Waals surface area contributed by atoms with Crippen LogP contribution in [0.4, 0.5) is 0 Å². The van der Waals surface area contributed by atoms with Gasteiger partial charge in [-0.05, 0) is 38.4 Å². The first-order valence-electron chi connectivity index (χ1n) is 17.1. The van der Waals surface area contributed by atoms with Crippen molar-refractivity contribution in [1.29, 1.82) is 0 Å². The molecule has 2 aromatic heterocycles. The predicted octanol–water partition coefficient (Wildman–Crippen LogP) is 12.9. The van der Waals surface area contributed by atoms with Crippen LogP contribution in [0.25, 0.3) is 98.1 Å². The molecule has 0 aliphatic heterocycles. The number of nitrogens with zero attached hydrogens (tertiary/aromatic N) is 3. The average Bonchev–Trinajstić information content (AvgIpc) is 3.60. The van der Waals surface area contributed by atoms with Crippen LogP contribution in [0.5, 0.6) is 0 Å². The van der Waals surface area contributed by atoms with Crippen LogP contribution in [-0.4, -0.2) is 15.0 Å². The normalized spacial score (nSPS) is 11.5. The van der Waals surface area contributed by atoms with E-state index in [0.717, 1.165) is 27.6 Å². The molecular weight excluding hydrogens is 639 g/mol. The highest BCUT2D eigenvalue weighted by Gasteiger charge is 2.18. The fourth-order valence-corrected chi connectivity index (χ4v) is 8.66. The lowest BCUT2D eigenvalue weighted by molar-refractivity contribution is 1.08. The van der Waals surface area contributed by atoms with Gasteiger partial charge >= 0.3 is 0 Å². The van der Waals surface area contributed by atoms with Gasteiger partial charge < -0.3 is 0 Å². The van der Waals surface area contributed by atoms with Gasteiger partial charge in [0.15, 0.2) is 17.5 Å². The maximum atomic E-state index is 5.15. The second kappa shape index (κ2) is 12.1. The van der Waals surface area contributed by atoms with Gasteiger partial charge in [-0.25, -0.2) is 15.0 Å². The van der Waals surface area contributed by atoms with Crippen LogP contribution in [0.15, 0.2) is 176 Å². The highest BCUT2D eigenvalue weighted by Crippen LogP contribution is 2.45. The molecule has 2 heterocycles. The van der Waals surface area contributed by atoms with Crippen molar-refractivity contribution >= 4 is 53.1 Å². The SMILES string of the molecule is c1ccc(-c2ccc(-c3nc(-c4ccccc4)nc(-c4cccc5c4ccc4ccc6c7cccc(-c8ccccc8)c7sc6c45)n3)cc2)cc1. The molecule has 238 valence electrons. The zero-order valence-corrected chi connectivity index (χ0v) is 28.3. The summed E-state index contributed by atoms with van der Waals surface area (Å²) in [6.45, 7) is 0. The molecular formula is C47H29N3S. The zero-order valence-electron chi connectivity index (χ0n) is 27.5. The van der Waals surface area contributed by atoms with Gasteiger partial charge in [0.2, 0.25) is 0 Å². The minimum absolute atomic E-state index is 0.650. The highest BCUT2D eigenvalue weighted by atomic mass is 32.1. The van der Waals surface area contributed by atoms with Crippen molar-refractivity contribution in [3.63, 3.8) is 0 Å². The van der Waals surface area contributed by atoms with E-state index >= 15 is 0 Å². The zero-order chi connectivity index (χ0) is 33.7. The first-order valence-corrected chi connectivity index (χ1v) is 17.9. The summed E-state index contributed by atoms with van der Waals surface area (Å²) in [5, 5.41) is 7.37. The molecule has 0 spiro atoms. The van der Waals surface area contributed by atoms with Crippen LogP contribution in [0.2, 0.25) is 0 Å². The number of rotatable bonds is 5. The molecule has 0 saturated carbocycles. The van der Waals surface area contributed by atoms with Crippen molar-refractivity contribution in [2.45, 2.75) is 0 Å². The minimum atomic E-state index is 0.650. The number of aromatic nitrogens is 3. The summed E-state index contributed by atoms with van der Waals surface area (Å²) in [5.41, 5.74) is 7.72. The largest absolute Gasteiger partial charge is 0.208 e. The van der Waals surface area contributed by atoms with Gasteiger partial charge in [-0.1, -0.05) is 176 Å². The number of thiophene rings is 1. The van der Waals surface area contributed by atoms with Crippen molar-refractivity contribution in [2.75, 3.05) is 0 Å². The molecule has 10 rings (SSSR count). The third-order valence-electron chi connectivity index (χ3n) is 9.75. The van der Waals surface area contributed by atoms with Crippen LogP contribution in [0, 0.1) is 0 Å². The Balaban J connectivity index is 1.18. The Bertz CT molecular complexity index is 2880. The molecule has 4 heteroatoms. The van der Waals surface area contributed by atoms with Gasteiger partial charge in [-0.2, -0.15) is 0 Å². The molecule has 0 saturated heterocycles. The van der Waals surface area contributed by atoms with Crippen molar-refractivity contribution < 1.29 is 0 Å². The molecule has 0 bridgehead atoms. The minimum Gasteiger partial charge on any atom is -0.208 e. The monoisotopic (exact) mass is 667 g/mol. The maximum absolute atomic E-state index is 5.15. The summed E-state index contributed by atoms with van der Waals surface area (Å²) >= 11 is 1.89. The number of hydrogen-bond donors (Lipinski definition) is 0. The van der Waals surface area contributed by atoms with E-state index in [-0.39, 0.29) is 0 Å². The van der Waals surface area contributed by atoms with Gasteiger partial charge in [-0.15, -0.1) is 11.3 Å². The Morgan fingerprint density at radius 3 is 1.47 bits per heavy atom. The standard InChI is InChI=1S/C47H29N3S/c1-4-12-30(13-5-1)31-22-24-35(25-23-31)46-48-45(34-16-8-3-9-17-34)49-47(50-46)41-21-11-19-38-37(41)28-26-33-27-29-40-39-20-10-18-36(32-14-6-2-7-15-32)43(39)51-44(40)42(33)38/h1-29H. The van der Waals surface area contributed by atoms with E-state index < -0.39 is 0 Å². The summed E-state index contributed by atoms with van der Waals surface area (Å²) in [6.07, 6.45) is 0. The molecule has 0 amide bonds. The Morgan fingerprint density at radius 1 is 0.294 bits per heavy atom. The molecule has 51 heavy (non-hydrogen) atoms. The summed E-state index contributed by atoms with van der Waals surface area (Å²) in [7, 11) is 0. The van der Waals surface area contributed by atoms with Gasteiger partial charge in [0, 0.05) is 42.2 Å². The second-order valence-electron chi connectivity index (χ2n) is 12.8. The average molecular weight is 668 g/mol. The Hall–Kier alpha value is -6.49. The lowest BCUT2D eigenvalue weighted by Crippen LogP contribution is -2.00. The Labute approximate surface area is 299 Å². The van der Waals surface area contributed by atoms with E-state index in [2.05, 4.69) is 152 Å². The molecule has 0 atom stereocenters. The molecule has 0 radical (unpaired) electrons. The molecule has 3 nitrogen and oxygen atoms in total. The van der Waals surface area contributed by atoms with Crippen molar-refractivity contribution in [1.82, 2.24) is 15.0 Å². The molecule has 0 fully saturated rings. The van der Waals surface area contributed by atoms with Crippen LogP contribution in [-0.2, 0) is 0 Å². The predicted molar refractivity (Wildman–Crippen MR) is 215 cm³/mol. The van der Waals surface area contributed by atoms with E-state index in [0.29, 0.717) is 17.5 Å². The van der Waals surface area contributed by atoms with E-state index in [1.807, 2.05) is 35.6 Å².